The first-order valence-electron chi connectivity index (χ1n) is 7.35. The van der Waals surface area contributed by atoms with Crippen LogP contribution in [-0.2, 0) is 10.0 Å². The third kappa shape index (κ3) is 3.39. The van der Waals surface area contributed by atoms with E-state index in [1.54, 1.807) is 19.2 Å². The summed E-state index contributed by atoms with van der Waals surface area (Å²) in [5.41, 5.74) is 2.46. The van der Waals surface area contributed by atoms with Gasteiger partial charge in [0.15, 0.2) is 0 Å². The number of rotatable bonds is 4. The number of nitrogens with zero attached hydrogens (tertiary/aromatic N) is 2. The van der Waals surface area contributed by atoms with Crippen molar-refractivity contribution < 1.29 is 13.2 Å². The van der Waals surface area contributed by atoms with E-state index in [-0.39, 0.29) is 6.04 Å². The Balaban J connectivity index is 1.96. The quantitative estimate of drug-likeness (QED) is 0.834. The number of hydrogen-bond donors (Lipinski definition) is 0. The Morgan fingerprint density at radius 2 is 1.75 bits per heavy atom. The van der Waals surface area contributed by atoms with Gasteiger partial charge in [0.05, 0.1) is 25.1 Å². The van der Waals surface area contributed by atoms with Gasteiger partial charge in [-0.2, -0.15) is 9.52 Å². The Labute approximate surface area is 146 Å². The van der Waals surface area contributed by atoms with Crippen LogP contribution >= 0.6 is 11.6 Å². The van der Waals surface area contributed by atoms with Crippen LogP contribution in [0.3, 0.4) is 0 Å². The molecule has 0 spiro atoms. The fraction of sp³-hybridized carbons (Fsp3) is 0.235. The van der Waals surface area contributed by atoms with Crippen molar-refractivity contribution in [2.45, 2.75) is 12.5 Å². The lowest BCUT2D eigenvalue weighted by Gasteiger charge is -2.21. The van der Waals surface area contributed by atoms with Gasteiger partial charge in [0.25, 0.3) is 0 Å². The zero-order chi connectivity index (χ0) is 17.3. The topological polar surface area (TPSA) is 59.0 Å². The van der Waals surface area contributed by atoms with E-state index in [9.17, 15) is 8.42 Å². The minimum atomic E-state index is -3.48. The Morgan fingerprint density at radius 3 is 2.29 bits per heavy atom. The van der Waals surface area contributed by atoms with Crippen molar-refractivity contribution in [2.24, 2.45) is 5.10 Å². The van der Waals surface area contributed by atoms with Gasteiger partial charge in [-0.05, 0) is 47.5 Å². The summed E-state index contributed by atoms with van der Waals surface area (Å²) in [5, 5.41) is 4.96. The third-order valence-electron chi connectivity index (χ3n) is 3.89. The molecule has 0 aliphatic carbocycles. The van der Waals surface area contributed by atoms with Crippen molar-refractivity contribution in [1.82, 2.24) is 4.41 Å². The van der Waals surface area contributed by atoms with Gasteiger partial charge in [-0.3, -0.25) is 0 Å². The molecular formula is C17H17ClN2O3S. The van der Waals surface area contributed by atoms with Gasteiger partial charge in [-0.25, -0.2) is 8.42 Å². The van der Waals surface area contributed by atoms with E-state index >= 15 is 0 Å². The van der Waals surface area contributed by atoms with Crippen molar-refractivity contribution in [1.29, 1.82) is 0 Å². The fourth-order valence-electron chi connectivity index (χ4n) is 2.69. The van der Waals surface area contributed by atoms with Crippen molar-refractivity contribution in [2.75, 3.05) is 13.4 Å². The van der Waals surface area contributed by atoms with Crippen LogP contribution in [0.2, 0.25) is 5.02 Å². The predicted molar refractivity (Wildman–Crippen MR) is 95.0 cm³/mol. The molecule has 0 aromatic heterocycles. The van der Waals surface area contributed by atoms with E-state index in [1.807, 2.05) is 36.4 Å². The minimum Gasteiger partial charge on any atom is -0.497 e. The molecule has 24 heavy (non-hydrogen) atoms. The maximum atomic E-state index is 12.1. The molecule has 2 aromatic rings. The number of methoxy groups -OCH3 is 1. The first-order chi connectivity index (χ1) is 11.4. The van der Waals surface area contributed by atoms with Gasteiger partial charge in [0.2, 0.25) is 10.0 Å². The molecule has 0 saturated carbocycles. The van der Waals surface area contributed by atoms with Gasteiger partial charge >= 0.3 is 0 Å². The molecule has 0 unspecified atom stereocenters. The molecule has 3 rings (SSSR count). The lowest BCUT2D eigenvalue weighted by molar-refractivity contribution is 0.375. The molecule has 1 heterocycles. The Kier molecular flexibility index (Phi) is 4.51. The molecule has 5 nitrogen and oxygen atoms in total. The van der Waals surface area contributed by atoms with E-state index < -0.39 is 10.0 Å². The average Bonchev–Trinajstić information content (AvgIpc) is 3.01. The number of sulfonamides is 1. The molecule has 1 aliphatic heterocycles. The molecule has 0 amide bonds. The molecule has 0 radical (unpaired) electrons. The van der Waals surface area contributed by atoms with E-state index in [0.717, 1.165) is 28.8 Å². The van der Waals surface area contributed by atoms with Gasteiger partial charge in [0.1, 0.15) is 5.75 Å². The zero-order valence-electron chi connectivity index (χ0n) is 13.3. The second-order valence-corrected chi connectivity index (χ2v) is 7.86. The highest BCUT2D eigenvalue weighted by molar-refractivity contribution is 7.88. The summed E-state index contributed by atoms with van der Waals surface area (Å²) in [5.74, 6) is 0.742. The van der Waals surface area contributed by atoms with Gasteiger partial charge in [-0.1, -0.05) is 23.7 Å². The van der Waals surface area contributed by atoms with Crippen LogP contribution in [0, 0.1) is 0 Å². The second kappa shape index (κ2) is 6.45. The van der Waals surface area contributed by atoms with Crippen LogP contribution in [0.4, 0.5) is 0 Å². The largest absolute Gasteiger partial charge is 0.497 e. The molecule has 0 fully saturated rings. The van der Waals surface area contributed by atoms with Crippen molar-refractivity contribution in [3.63, 3.8) is 0 Å². The molecule has 0 N–H and O–H groups in total. The molecule has 7 heteroatoms. The standard InChI is InChI=1S/C17H17ClN2O3S/c1-23-15-9-5-12(6-10-15)16-11-17(20(19-16)24(2,21)22)13-3-7-14(18)8-4-13/h3-10,17H,11H2,1-2H3/t17-/m0/s1. The lowest BCUT2D eigenvalue weighted by atomic mass is 9.99. The highest BCUT2D eigenvalue weighted by Crippen LogP contribution is 2.35. The Bertz CT molecular complexity index is 862. The number of hydrogen-bond acceptors (Lipinski definition) is 4. The molecule has 0 bridgehead atoms. The smallest absolute Gasteiger partial charge is 0.247 e. The van der Waals surface area contributed by atoms with E-state index in [1.165, 1.54) is 4.41 Å². The maximum absolute atomic E-state index is 12.1. The van der Waals surface area contributed by atoms with Gasteiger partial charge in [0, 0.05) is 11.4 Å². The summed E-state index contributed by atoms with van der Waals surface area (Å²) in [6.45, 7) is 0. The SMILES string of the molecule is COc1ccc(C2=NN(S(C)(=O)=O)[C@H](c3ccc(Cl)cc3)C2)cc1. The first-order valence-corrected chi connectivity index (χ1v) is 9.58. The van der Waals surface area contributed by atoms with E-state index in [4.69, 9.17) is 16.3 Å². The summed E-state index contributed by atoms with van der Waals surface area (Å²) in [7, 11) is -1.87. The van der Waals surface area contributed by atoms with Crippen LogP contribution < -0.4 is 4.74 Å². The van der Waals surface area contributed by atoms with Gasteiger partial charge in [-0.15, -0.1) is 0 Å². The highest BCUT2D eigenvalue weighted by atomic mass is 35.5. The van der Waals surface area contributed by atoms with Crippen molar-refractivity contribution >= 4 is 27.3 Å². The normalized spacial score (nSPS) is 17.7. The molecule has 0 saturated heterocycles. The van der Waals surface area contributed by atoms with Crippen molar-refractivity contribution in [3.05, 3.63) is 64.7 Å². The van der Waals surface area contributed by atoms with Crippen LogP contribution in [0.1, 0.15) is 23.6 Å². The van der Waals surface area contributed by atoms with Crippen LogP contribution in [0.15, 0.2) is 53.6 Å². The maximum Gasteiger partial charge on any atom is 0.247 e. The predicted octanol–water partition coefficient (Wildman–Crippen LogP) is 3.46. The number of hydrazone groups is 1. The highest BCUT2D eigenvalue weighted by Gasteiger charge is 2.34. The monoisotopic (exact) mass is 364 g/mol. The molecule has 1 aliphatic rings. The molecule has 2 aromatic carbocycles. The summed E-state index contributed by atoms with van der Waals surface area (Å²) < 4.78 is 30.6. The van der Waals surface area contributed by atoms with Crippen molar-refractivity contribution in [3.8, 4) is 5.75 Å². The summed E-state index contributed by atoms with van der Waals surface area (Å²) >= 11 is 5.93. The Hall–Kier alpha value is -2.05. The van der Waals surface area contributed by atoms with Crippen LogP contribution in [-0.4, -0.2) is 31.9 Å². The average molecular weight is 365 g/mol. The first kappa shape index (κ1) is 16.8. The molecule has 126 valence electrons. The van der Waals surface area contributed by atoms with Gasteiger partial charge < -0.3 is 4.74 Å². The fourth-order valence-corrected chi connectivity index (χ4v) is 3.72. The van der Waals surface area contributed by atoms with E-state index in [2.05, 4.69) is 5.10 Å². The minimum absolute atomic E-state index is 0.366. The van der Waals surface area contributed by atoms with E-state index in [0.29, 0.717) is 11.4 Å². The van der Waals surface area contributed by atoms with Crippen LogP contribution in [0.25, 0.3) is 0 Å². The Morgan fingerprint density at radius 1 is 1.12 bits per heavy atom. The third-order valence-corrected chi connectivity index (χ3v) is 5.16. The summed E-state index contributed by atoms with van der Waals surface area (Å²) in [4.78, 5) is 0. The zero-order valence-corrected chi connectivity index (χ0v) is 14.9. The second-order valence-electron chi connectivity index (χ2n) is 5.58. The number of ether oxygens (including phenoxy) is 1. The molecular weight excluding hydrogens is 348 g/mol. The van der Waals surface area contributed by atoms with Crippen LogP contribution in [0.5, 0.6) is 5.75 Å². The summed E-state index contributed by atoms with van der Waals surface area (Å²) in [6.07, 6.45) is 1.66. The summed E-state index contributed by atoms with van der Waals surface area (Å²) in [6, 6.07) is 14.2. The number of halogens is 1. The number of benzene rings is 2. The molecule has 1 atom stereocenters. The lowest BCUT2D eigenvalue weighted by Crippen LogP contribution is -2.25.